The van der Waals surface area contributed by atoms with Crippen molar-refractivity contribution in [1.29, 1.82) is 0 Å². The number of amides is 1. The number of carbonyl (C=O) groups excluding carboxylic acids is 1. The van der Waals surface area contributed by atoms with E-state index in [0.717, 1.165) is 5.56 Å². The number of hydrogen-bond donors (Lipinski definition) is 1. The fourth-order valence-electron chi connectivity index (χ4n) is 1.08. The van der Waals surface area contributed by atoms with Gasteiger partial charge < -0.3 is 5.32 Å². The van der Waals surface area contributed by atoms with E-state index in [9.17, 15) is 4.79 Å². The zero-order valence-corrected chi connectivity index (χ0v) is 9.76. The molecule has 0 radical (unpaired) electrons. The van der Waals surface area contributed by atoms with Crippen LogP contribution in [0, 0.1) is 0 Å². The Morgan fingerprint density at radius 1 is 1.47 bits per heavy atom. The van der Waals surface area contributed by atoms with Gasteiger partial charge in [0, 0.05) is 29.1 Å². The first-order chi connectivity index (χ1) is 8.22. The van der Waals surface area contributed by atoms with Crippen molar-refractivity contribution in [2.24, 2.45) is 5.11 Å². The van der Waals surface area contributed by atoms with Crippen LogP contribution in [0.25, 0.3) is 16.5 Å². The summed E-state index contributed by atoms with van der Waals surface area (Å²) in [5.74, 6) is -0.229. The number of rotatable bonds is 5. The van der Waals surface area contributed by atoms with E-state index in [4.69, 9.17) is 17.1 Å². The van der Waals surface area contributed by atoms with E-state index in [1.807, 2.05) is 12.1 Å². The van der Waals surface area contributed by atoms with Gasteiger partial charge in [0.05, 0.1) is 0 Å². The van der Waals surface area contributed by atoms with Crippen LogP contribution in [-0.4, -0.2) is 19.0 Å². The van der Waals surface area contributed by atoms with Crippen LogP contribution in [-0.2, 0) is 4.79 Å². The first-order valence-electron chi connectivity index (χ1n) is 4.94. The van der Waals surface area contributed by atoms with Crippen molar-refractivity contribution < 1.29 is 4.79 Å². The molecule has 1 rings (SSSR count). The minimum atomic E-state index is -0.229. The highest BCUT2D eigenvalue weighted by Gasteiger charge is 1.93. The fourth-order valence-corrected chi connectivity index (χ4v) is 1.20. The second kappa shape index (κ2) is 7.33. The number of hydrogen-bond acceptors (Lipinski definition) is 2. The van der Waals surface area contributed by atoms with Crippen molar-refractivity contribution in [3.63, 3.8) is 0 Å². The van der Waals surface area contributed by atoms with Crippen LogP contribution in [0.4, 0.5) is 0 Å². The number of halogens is 1. The van der Waals surface area contributed by atoms with Crippen LogP contribution >= 0.6 is 11.6 Å². The zero-order valence-electron chi connectivity index (χ0n) is 9.01. The summed E-state index contributed by atoms with van der Waals surface area (Å²) < 4.78 is 0. The average molecular weight is 251 g/mol. The van der Waals surface area contributed by atoms with Crippen molar-refractivity contribution in [3.8, 4) is 0 Å². The molecule has 0 unspecified atom stereocenters. The van der Waals surface area contributed by atoms with E-state index in [0.29, 0.717) is 11.6 Å². The summed E-state index contributed by atoms with van der Waals surface area (Å²) in [6.45, 7) is 0.574. The quantitative estimate of drug-likeness (QED) is 0.282. The molecule has 0 aliphatic heterocycles. The van der Waals surface area contributed by atoms with Crippen LogP contribution in [0.3, 0.4) is 0 Å². The second-order valence-corrected chi connectivity index (χ2v) is 3.57. The highest BCUT2D eigenvalue weighted by Crippen LogP contribution is 2.10. The molecule has 5 nitrogen and oxygen atoms in total. The molecular formula is C11H11ClN4O. The highest BCUT2D eigenvalue weighted by molar-refractivity contribution is 6.30. The second-order valence-electron chi connectivity index (χ2n) is 3.13. The van der Waals surface area contributed by atoms with Gasteiger partial charge in [0.15, 0.2) is 0 Å². The van der Waals surface area contributed by atoms with Crippen molar-refractivity contribution in [2.45, 2.75) is 0 Å². The first-order valence-corrected chi connectivity index (χ1v) is 5.32. The standard InChI is InChI=1S/C11H11ClN4O/c12-10-4-1-9(2-5-10)3-6-11(17)14-7-8-15-16-13/h1-6H,7-8H2,(H,14,17). The maximum atomic E-state index is 11.3. The van der Waals surface area contributed by atoms with Gasteiger partial charge in [0.25, 0.3) is 0 Å². The molecule has 0 aromatic heterocycles. The minimum absolute atomic E-state index is 0.229. The molecule has 0 heterocycles. The molecule has 0 saturated carbocycles. The Hall–Kier alpha value is -1.97. The third kappa shape index (κ3) is 5.61. The molecule has 1 aromatic rings. The van der Waals surface area contributed by atoms with Gasteiger partial charge in [-0.2, -0.15) is 0 Å². The molecular weight excluding hydrogens is 240 g/mol. The third-order valence-electron chi connectivity index (χ3n) is 1.87. The molecule has 88 valence electrons. The smallest absolute Gasteiger partial charge is 0.243 e. The normalized spacial score (nSPS) is 9.94. The Bertz CT molecular complexity index is 449. The Balaban J connectivity index is 2.39. The van der Waals surface area contributed by atoms with Gasteiger partial charge in [0.1, 0.15) is 0 Å². The highest BCUT2D eigenvalue weighted by atomic mass is 35.5. The Labute approximate surface area is 104 Å². The van der Waals surface area contributed by atoms with E-state index in [2.05, 4.69) is 15.3 Å². The molecule has 0 atom stereocenters. The van der Waals surface area contributed by atoms with E-state index >= 15 is 0 Å². The van der Waals surface area contributed by atoms with Crippen LogP contribution < -0.4 is 5.32 Å². The van der Waals surface area contributed by atoms with E-state index in [1.165, 1.54) is 6.08 Å². The molecule has 17 heavy (non-hydrogen) atoms. The Kier molecular flexibility index (Phi) is 5.64. The summed E-state index contributed by atoms with van der Waals surface area (Å²) in [5.41, 5.74) is 8.92. The third-order valence-corrected chi connectivity index (χ3v) is 2.12. The van der Waals surface area contributed by atoms with Gasteiger partial charge in [-0.15, -0.1) is 0 Å². The summed E-state index contributed by atoms with van der Waals surface area (Å²) in [6, 6.07) is 7.12. The lowest BCUT2D eigenvalue weighted by atomic mass is 10.2. The van der Waals surface area contributed by atoms with Crippen LogP contribution in [0.15, 0.2) is 35.5 Å². The molecule has 0 aliphatic rings. The monoisotopic (exact) mass is 250 g/mol. The van der Waals surface area contributed by atoms with Gasteiger partial charge in [-0.1, -0.05) is 28.8 Å². The molecule has 0 aliphatic carbocycles. The van der Waals surface area contributed by atoms with Crippen molar-refractivity contribution in [3.05, 3.63) is 51.4 Å². The topological polar surface area (TPSA) is 77.9 Å². The predicted octanol–water partition coefficient (Wildman–Crippen LogP) is 2.78. The van der Waals surface area contributed by atoms with Crippen molar-refractivity contribution in [1.82, 2.24) is 5.32 Å². The van der Waals surface area contributed by atoms with Gasteiger partial charge in [-0.05, 0) is 29.3 Å². The van der Waals surface area contributed by atoms with E-state index in [1.54, 1.807) is 18.2 Å². The van der Waals surface area contributed by atoms with Crippen LogP contribution in [0.2, 0.25) is 5.02 Å². The number of benzene rings is 1. The van der Waals surface area contributed by atoms with Crippen molar-refractivity contribution in [2.75, 3.05) is 13.1 Å². The average Bonchev–Trinajstić information content (AvgIpc) is 2.34. The Morgan fingerprint density at radius 2 is 2.18 bits per heavy atom. The van der Waals surface area contributed by atoms with Crippen LogP contribution in [0.1, 0.15) is 5.56 Å². The summed E-state index contributed by atoms with van der Waals surface area (Å²) in [6.07, 6.45) is 3.10. The SMILES string of the molecule is [N-]=[N+]=NCCNC(=O)C=Cc1ccc(Cl)cc1. The van der Waals surface area contributed by atoms with Gasteiger partial charge >= 0.3 is 0 Å². The summed E-state index contributed by atoms with van der Waals surface area (Å²) >= 11 is 5.73. The maximum absolute atomic E-state index is 11.3. The number of nitrogens with zero attached hydrogens (tertiary/aromatic N) is 3. The summed E-state index contributed by atoms with van der Waals surface area (Å²) in [5, 5.41) is 6.53. The molecule has 1 aromatic carbocycles. The first kappa shape index (κ1) is 13.1. The van der Waals surface area contributed by atoms with E-state index < -0.39 is 0 Å². The molecule has 6 heteroatoms. The van der Waals surface area contributed by atoms with Gasteiger partial charge in [-0.3, -0.25) is 4.79 Å². The minimum Gasteiger partial charge on any atom is -0.352 e. The van der Waals surface area contributed by atoms with Gasteiger partial charge in [0.2, 0.25) is 5.91 Å². The molecule has 0 fully saturated rings. The lowest BCUT2D eigenvalue weighted by molar-refractivity contribution is -0.116. The number of nitrogens with one attached hydrogen (secondary N) is 1. The molecule has 1 amide bonds. The lowest BCUT2D eigenvalue weighted by Crippen LogP contribution is -2.23. The van der Waals surface area contributed by atoms with Gasteiger partial charge in [-0.25, -0.2) is 0 Å². The summed E-state index contributed by atoms with van der Waals surface area (Å²) in [7, 11) is 0. The molecule has 0 spiro atoms. The summed E-state index contributed by atoms with van der Waals surface area (Å²) in [4.78, 5) is 13.9. The van der Waals surface area contributed by atoms with Crippen molar-refractivity contribution >= 4 is 23.6 Å². The van der Waals surface area contributed by atoms with E-state index in [-0.39, 0.29) is 12.5 Å². The molecule has 0 saturated heterocycles. The predicted molar refractivity (Wildman–Crippen MR) is 67.5 cm³/mol. The zero-order chi connectivity index (χ0) is 12.5. The molecule has 0 bridgehead atoms. The Morgan fingerprint density at radius 3 is 2.82 bits per heavy atom. The molecule has 1 N–H and O–H groups in total. The van der Waals surface area contributed by atoms with Crippen LogP contribution in [0.5, 0.6) is 0 Å². The number of carbonyl (C=O) groups is 1. The number of azide groups is 1. The lowest BCUT2D eigenvalue weighted by Gasteiger charge is -1.97. The fraction of sp³-hybridized carbons (Fsp3) is 0.182. The maximum Gasteiger partial charge on any atom is 0.243 e. The largest absolute Gasteiger partial charge is 0.352 e.